The number of nitrogens with zero attached hydrogens (tertiary/aromatic N) is 2. The minimum atomic E-state index is -0.478. The molecule has 2 fully saturated rings. The van der Waals surface area contributed by atoms with Gasteiger partial charge in [-0.25, -0.2) is 4.98 Å². The van der Waals surface area contributed by atoms with Gasteiger partial charge in [-0.2, -0.15) is 0 Å². The summed E-state index contributed by atoms with van der Waals surface area (Å²) in [5, 5.41) is 2.63. The van der Waals surface area contributed by atoms with Crippen LogP contribution in [-0.2, 0) is 26.3 Å². The highest BCUT2D eigenvalue weighted by Crippen LogP contribution is 2.40. The Bertz CT molecular complexity index is 928. The molecule has 7 heteroatoms. The summed E-state index contributed by atoms with van der Waals surface area (Å²) in [6, 6.07) is 8.17. The second kappa shape index (κ2) is 8.44. The third kappa shape index (κ3) is 4.46. The molecule has 4 rings (SSSR count). The lowest BCUT2D eigenvalue weighted by Gasteiger charge is -2.50. The first-order valence-corrected chi connectivity index (χ1v) is 10.4. The molecule has 158 valence electrons. The molecule has 2 amide bonds. The van der Waals surface area contributed by atoms with Crippen LogP contribution in [0.5, 0.6) is 0 Å². The summed E-state index contributed by atoms with van der Waals surface area (Å²) >= 11 is 0. The fourth-order valence-corrected chi connectivity index (χ4v) is 3.84. The second-order valence-corrected chi connectivity index (χ2v) is 8.33. The Labute approximate surface area is 176 Å². The number of ether oxygens (including phenoxy) is 1. The van der Waals surface area contributed by atoms with E-state index in [4.69, 9.17) is 4.74 Å². The lowest BCUT2D eigenvalue weighted by Crippen LogP contribution is -2.63. The molecule has 2 N–H and O–H groups in total. The number of aromatic nitrogens is 2. The van der Waals surface area contributed by atoms with Crippen molar-refractivity contribution in [2.45, 2.75) is 38.2 Å². The number of hydrogen-bond donors (Lipinski definition) is 2. The number of nitrogens with one attached hydrogen (secondary N) is 2. The molecule has 0 unspecified atom stereocenters. The minimum absolute atomic E-state index is 0.102. The zero-order valence-corrected chi connectivity index (χ0v) is 17.3. The normalized spacial score (nSPS) is 17.3. The summed E-state index contributed by atoms with van der Waals surface area (Å²) in [7, 11) is 0. The van der Waals surface area contributed by atoms with E-state index in [1.54, 1.807) is 17.4 Å². The van der Waals surface area contributed by atoms with Crippen LogP contribution in [0.4, 0.5) is 0 Å². The van der Waals surface area contributed by atoms with E-state index in [0.717, 1.165) is 23.4 Å². The van der Waals surface area contributed by atoms with Crippen molar-refractivity contribution in [3.8, 4) is 0 Å². The minimum Gasteiger partial charge on any atom is -0.366 e. The monoisotopic (exact) mass is 408 g/mol. The molecular weight excluding hydrogens is 380 g/mol. The van der Waals surface area contributed by atoms with Gasteiger partial charge < -0.3 is 19.9 Å². The van der Waals surface area contributed by atoms with Crippen LogP contribution in [0.15, 0.2) is 49.1 Å². The first kappa shape index (κ1) is 20.3. The average molecular weight is 409 g/mol. The van der Waals surface area contributed by atoms with E-state index in [9.17, 15) is 9.59 Å². The highest BCUT2D eigenvalue weighted by atomic mass is 16.5. The molecule has 1 aliphatic carbocycles. The first-order valence-electron chi connectivity index (χ1n) is 10.4. The number of aromatic amines is 1. The Balaban J connectivity index is 1.34. The molecule has 7 nitrogen and oxygen atoms in total. The third-order valence-corrected chi connectivity index (χ3v) is 5.83. The van der Waals surface area contributed by atoms with Crippen LogP contribution in [0.1, 0.15) is 36.1 Å². The maximum absolute atomic E-state index is 12.8. The number of likely N-dealkylation sites (tertiary alicyclic amines) is 1. The van der Waals surface area contributed by atoms with Crippen molar-refractivity contribution >= 4 is 11.8 Å². The summed E-state index contributed by atoms with van der Waals surface area (Å²) in [5.41, 5.74) is 2.79. The van der Waals surface area contributed by atoms with Crippen molar-refractivity contribution in [2.75, 3.05) is 19.7 Å². The van der Waals surface area contributed by atoms with Gasteiger partial charge in [-0.1, -0.05) is 30.8 Å². The van der Waals surface area contributed by atoms with E-state index < -0.39 is 5.60 Å². The van der Waals surface area contributed by atoms with E-state index in [-0.39, 0.29) is 23.9 Å². The van der Waals surface area contributed by atoms with Gasteiger partial charge in [-0.05, 0) is 43.2 Å². The van der Waals surface area contributed by atoms with Crippen molar-refractivity contribution in [1.29, 1.82) is 0 Å². The Morgan fingerprint density at radius 1 is 1.33 bits per heavy atom. The van der Waals surface area contributed by atoms with E-state index >= 15 is 0 Å². The van der Waals surface area contributed by atoms with Crippen LogP contribution < -0.4 is 5.32 Å². The lowest BCUT2D eigenvalue weighted by molar-refractivity contribution is -0.171. The molecule has 1 aliphatic heterocycles. The van der Waals surface area contributed by atoms with Crippen LogP contribution in [0.25, 0.3) is 0 Å². The molecular formula is C23H28N4O3. The predicted molar refractivity (Wildman–Crippen MR) is 112 cm³/mol. The van der Waals surface area contributed by atoms with Gasteiger partial charge in [0.2, 0.25) is 5.91 Å². The van der Waals surface area contributed by atoms with E-state index in [0.29, 0.717) is 25.4 Å². The maximum atomic E-state index is 12.8. The molecule has 2 aliphatic rings. The van der Waals surface area contributed by atoms with Gasteiger partial charge in [0.25, 0.3) is 5.91 Å². The summed E-state index contributed by atoms with van der Waals surface area (Å²) in [6.07, 6.45) is 6.47. The topological polar surface area (TPSA) is 87.3 Å². The van der Waals surface area contributed by atoms with Gasteiger partial charge in [0, 0.05) is 18.3 Å². The molecule has 2 aromatic rings. The molecule has 1 aromatic carbocycles. The van der Waals surface area contributed by atoms with Crippen LogP contribution in [0, 0.1) is 12.8 Å². The van der Waals surface area contributed by atoms with Gasteiger partial charge >= 0.3 is 0 Å². The van der Waals surface area contributed by atoms with Crippen LogP contribution >= 0.6 is 0 Å². The molecule has 0 spiro atoms. The second-order valence-electron chi connectivity index (χ2n) is 8.33. The zero-order valence-electron chi connectivity index (χ0n) is 17.3. The highest BCUT2D eigenvalue weighted by molar-refractivity contribution is 5.97. The molecule has 0 atom stereocenters. The predicted octanol–water partition coefficient (Wildman–Crippen LogP) is 2.44. The fourth-order valence-electron chi connectivity index (χ4n) is 3.84. The third-order valence-electron chi connectivity index (χ3n) is 5.83. The largest absolute Gasteiger partial charge is 0.366 e. The molecule has 1 aromatic heterocycles. The lowest BCUT2D eigenvalue weighted by atomic mass is 9.83. The Hall–Kier alpha value is -2.93. The zero-order chi connectivity index (χ0) is 21.1. The van der Waals surface area contributed by atoms with E-state index in [1.165, 1.54) is 12.8 Å². The fraction of sp³-hybridized carbons (Fsp3) is 0.435. The standard InChI is InChI=1S/C23H28N4O3/c1-16-5-3-4-6-20(16)23(30-12-18-7-8-18)13-27(14-23)22(29)17(2)26-21(28)10-9-19-11-24-15-25-19/h3-6,11,15,18H,2,7-10,12-14H2,1H3,(H,24,25)(H,26,28). The molecule has 1 saturated heterocycles. The van der Waals surface area contributed by atoms with Gasteiger partial charge in [0.05, 0.1) is 31.7 Å². The van der Waals surface area contributed by atoms with Crippen LogP contribution in [0.2, 0.25) is 0 Å². The van der Waals surface area contributed by atoms with Gasteiger partial charge in [-0.15, -0.1) is 0 Å². The van der Waals surface area contributed by atoms with Crippen molar-refractivity contribution in [3.63, 3.8) is 0 Å². The number of carbonyl (C=O) groups excluding carboxylic acids is 2. The number of benzene rings is 1. The Morgan fingerprint density at radius 3 is 2.77 bits per heavy atom. The van der Waals surface area contributed by atoms with E-state index in [2.05, 4.69) is 40.9 Å². The number of imidazole rings is 1. The number of carbonyl (C=O) groups is 2. The Kier molecular flexibility index (Phi) is 5.72. The molecule has 1 saturated carbocycles. The first-order chi connectivity index (χ1) is 14.5. The highest BCUT2D eigenvalue weighted by Gasteiger charge is 2.49. The van der Waals surface area contributed by atoms with Crippen molar-refractivity contribution in [1.82, 2.24) is 20.2 Å². The Morgan fingerprint density at radius 2 is 2.10 bits per heavy atom. The van der Waals surface area contributed by atoms with Gasteiger partial charge in [-0.3, -0.25) is 9.59 Å². The van der Waals surface area contributed by atoms with Crippen molar-refractivity contribution in [3.05, 3.63) is 65.9 Å². The van der Waals surface area contributed by atoms with Crippen LogP contribution in [-0.4, -0.2) is 46.4 Å². The SMILES string of the molecule is C=C(NC(=O)CCc1cnc[nH]1)C(=O)N1CC(OCC2CC2)(c2ccccc2C)C1. The van der Waals surface area contributed by atoms with Gasteiger partial charge in [0.1, 0.15) is 5.60 Å². The number of aryl methyl sites for hydroxylation is 2. The summed E-state index contributed by atoms with van der Waals surface area (Å²) in [6.45, 7) is 7.50. The maximum Gasteiger partial charge on any atom is 0.269 e. The number of H-pyrrole nitrogens is 1. The molecule has 0 bridgehead atoms. The summed E-state index contributed by atoms with van der Waals surface area (Å²) < 4.78 is 6.36. The number of amides is 2. The molecule has 0 radical (unpaired) electrons. The van der Waals surface area contributed by atoms with E-state index in [1.807, 2.05) is 12.1 Å². The van der Waals surface area contributed by atoms with Crippen molar-refractivity contribution < 1.29 is 14.3 Å². The molecule has 30 heavy (non-hydrogen) atoms. The number of rotatable bonds is 9. The van der Waals surface area contributed by atoms with Crippen molar-refractivity contribution in [2.24, 2.45) is 5.92 Å². The summed E-state index contributed by atoms with van der Waals surface area (Å²) in [5.74, 6) is 0.141. The number of hydrogen-bond acceptors (Lipinski definition) is 4. The average Bonchev–Trinajstić information content (AvgIpc) is 3.38. The molecule has 2 heterocycles. The van der Waals surface area contributed by atoms with Gasteiger partial charge in [0.15, 0.2) is 0 Å². The smallest absolute Gasteiger partial charge is 0.269 e. The summed E-state index contributed by atoms with van der Waals surface area (Å²) in [4.78, 5) is 33.5. The quantitative estimate of drug-likeness (QED) is 0.624. The van der Waals surface area contributed by atoms with Crippen LogP contribution in [0.3, 0.4) is 0 Å².